The molecule has 11 nitrogen and oxygen atoms in total. The Labute approximate surface area is 210 Å². The lowest BCUT2D eigenvalue weighted by Crippen LogP contribution is -2.46. The highest BCUT2D eigenvalue weighted by Gasteiger charge is 2.38. The number of hydrogen-bond donors (Lipinski definition) is 3. The summed E-state index contributed by atoms with van der Waals surface area (Å²) in [4.78, 5) is 50.9. The van der Waals surface area contributed by atoms with Crippen LogP contribution in [0, 0.1) is 11.2 Å². The monoisotopic (exact) mass is 525 g/mol. The van der Waals surface area contributed by atoms with E-state index in [1.807, 2.05) is 6.92 Å². The van der Waals surface area contributed by atoms with Gasteiger partial charge in [0.15, 0.2) is 0 Å². The molecule has 1 saturated carbocycles. The van der Waals surface area contributed by atoms with Gasteiger partial charge in [0.05, 0.1) is 21.6 Å². The van der Waals surface area contributed by atoms with Crippen molar-refractivity contribution in [1.82, 2.24) is 14.6 Å². The van der Waals surface area contributed by atoms with Crippen LogP contribution >= 0.6 is 11.6 Å². The molecule has 13 heteroatoms. The fraction of sp³-hybridized carbons (Fsp3) is 0.565. The Hall–Kier alpha value is -3.28. The standard InChI is InChI=1S/C23H29ClFN5O6/c1-22(2,3)36-20(34)26-10-23(4)7-8-28(11-23)17-14(25)9-13-16(15(17)24)29(12-5-6-12)21(35)30(18(13)31)27-19(32)33/h9,12,27H,5-8,10-11H2,1-4H3,(H,26,34)(H,32,33). The molecular weight excluding hydrogens is 497 g/mol. The lowest BCUT2D eigenvalue weighted by Gasteiger charge is -2.28. The lowest BCUT2D eigenvalue weighted by molar-refractivity contribution is 0.0507. The van der Waals surface area contributed by atoms with E-state index in [-0.39, 0.29) is 27.7 Å². The summed E-state index contributed by atoms with van der Waals surface area (Å²) in [5, 5.41) is 11.5. The number of benzene rings is 1. The van der Waals surface area contributed by atoms with Crippen molar-refractivity contribution < 1.29 is 23.8 Å². The zero-order chi connectivity index (χ0) is 26.6. The summed E-state index contributed by atoms with van der Waals surface area (Å²) < 4.78 is 22.3. The first-order valence-electron chi connectivity index (χ1n) is 11.6. The number of aromatic nitrogens is 2. The van der Waals surface area contributed by atoms with Gasteiger partial charge in [0.2, 0.25) is 0 Å². The number of hydrogen-bond acceptors (Lipinski definition) is 6. The number of halogens is 2. The third kappa shape index (κ3) is 4.99. The van der Waals surface area contributed by atoms with Gasteiger partial charge in [-0.1, -0.05) is 18.5 Å². The Bertz CT molecular complexity index is 1360. The molecule has 1 aliphatic carbocycles. The molecule has 1 atom stereocenters. The van der Waals surface area contributed by atoms with Crippen molar-refractivity contribution in [1.29, 1.82) is 0 Å². The SMILES string of the molecule is CC1(CNC(=O)OC(C)(C)C)CCN(c2c(F)cc3c(=O)n(NC(=O)O)c(=O)n(C4CC4)c3c2Cl)C1. The van der Waals surface area contributed by atoms with Crippen molar-refractivity contribution >= 4 is 40.4 Å². The number of nitrogens with one attached hydrogen (secondary N) is 2. The van der Waals surface area contributed by atoms with Crippen LogP contribution in [-0.2, 0) is 4.74 Å². The van der Waals surface area contributed by atoms with Gasteiger partial charge in [-0.25, -0.2) is 24.2 Å². The summed E-state index contributed by atoms with van der Waals surface area (Å²) in [6, 6.07) is 0.714. The summed E-state index contributed by atoms with van der Waals surface area (Å²) in [5.41, 5.74) is -1.02. The molecule has 1 aliphatic heterocycles. The third-order valence-electron chi connectivity index (χ3n) is 6.29. The van der Waals surface area contributed by atoms with Crippen molar-refractivity contribution in [3.63, 3.8) is 0 Å². The Balaban J connectivity index is 1.70. The van der Waals surface area contributed by atoms with Crippen LogP contribution in [0.4, 0.5) is 19.7 Å². The van der Waals surface area contributed by atoms with E-state index in [9.17, 15) is 19.2 Å². The molecule has 0 radical (unpaired) electrons. The number of fused-ring (bicyclic) bond motifs is 1. The molecule has 196 valence electrons. The number of ether oxygens (including phenoxy) is 1. The Morgan fingerprint density at radius 1 is 1.31 bits per heavy atom. The molecule has 3 N–H and O–H groups in total. The van der Waals surface area contributed by atoms with Crippen molar-refractivity contribution in [2.75, 3.05) is 30.0 Å². The second kappa shape index (κ2) is 8.99. The largest absolute Gasteiger partial charge is 0.464 e. The summed E-state index contributed by atoms with van der Waals surface area (Å²) in [5.74, 6) is -0.767. The van der Waals surface area contributed by atoms with E-state index in [4.69, 9.17) is 21.4 Å². The van der Waals surface area contributed by atoms with Crippen LogP contribution in [-0.4, -0.2) is 51.8 Å². The summed E-state index contributed by atoms with van der Waals surface area (Å²) in [6.07, 6.45) is -0.244. The second-order valence-electron chi connectivity index (χ2n) is 10.7. The first-order valence-corrected chi connectivity index (χ1v) is 12.0. The van der Waals surface area contributed by atoms with Crippen LogP contribution in [0.3, 0.4) is 0 Å². The Morgan fingerprint density at radius 3 is 2.56 bits per heavy atom. The van der Waals surface area contributed by atoms with Gasteiger partial charge in [-0.2, -0.15) is 4.68 Å². The van der Waals surface area contributed by atoms with Gasteiger partial charge in [-0.05, 0) is 46.1 Å². The average molecular weight is 526 g/mol. The minimum absolute atomic E-state index is 0.0577. The maximum atomic E-state index is 15.4. The van der Waals surface area contributed by atoms with E-state index < -0.39 is 40.3 Å². The molecule has 36 heavy (non-hydrogen) atoms. The maximum absolute atomic E-state index is 15.4. The average Bonchev–Trinajstić information content (AvgIpc) is 3.51. The van der Waals surface area contributed by atoms with E-state index in [1.54, 1.807) is 31.1 Å². The Kier molecular flexibility index (Phi) is 6.44. The fourth-order valence-electron chi connectivity index (χ4n) is 4.52. The Morgan fingerprint density at radius 2 is 1.97 bits per heavy atom. The lowest BCUT2D eigenvalue weighted by atomic mass is 9.90. The van der Waals surface area contributed by atoms with Gasteiger partial charge in [-0.3, -0.25) is 9.36 Å². The highest BCUT2D eigenvalue weighted by atomic mass is 35.5. The molecular formula is C23H29ClFN5O6. The molecule has 1 saturated heterocycles. The summed E-state index contributed by atoms with van der Waals surface area (Å²) >= 11 is 6.68. The normalized spacial score (nSPS) is 20.0. The third-order valence-corrected chi connectivity index (χ3v) is 6.65. The fourth-order valence-corrected chi connectivity index (χ4v) is 4.92. The molecule has 1 aromatic carbocycles. The predicted octanol–water partition coefficient (Wildman–Crippen LogP) is 3.25. The number of carbonyl (C=O) groups is 2. The minimum Gasteiger partial charge on any atom is -0.464 e. The van der Waals surface area contributed by atoms with Crippen molar-refractivity contribution in [2.24, 2.45) is 5.41 Å². The smallest absolute Gasteiger partial charge is 0.424 e. The van der Waals surface area contributed by atoms with E-state index in [2.05, 4.69) is 5.32 Å². The number of alkyl carbamates (subject to hydrolysis) is 1. The van der Waals surface area contributed by atoms with Crippen LogP contribution in [0.2, 0.25) is 5.02 Å². The number of amides is 2. The number of carboxylic acid groups (broad SMARTS) is 1. The van der Waals surface area contributed by atoms with Gasteiger partial charge in [0.25, 0.3) is 5.56 Å². The molecule has 1 unspecified atom stereocenters. The summed E-state index contributed by atoms with van der Waals surface area (Å²) in [7, 11) is 0. The molecule has 2 aromatic rings. The first-order chi connectivity index (χ1) is 16.7. The molecule has 2 aliphatic rings. The number of rotatable bonds is 5. The molecule has 2 amide bonds. The molecule has 2 heterocycles. The van der Waals surface area contributed by atoms with Crippen LogP contribution in [0.1, 0.15) is 53.0 Å². The molecule has 0 bridgehead atoms. The first kappa shape index (κ1) is 25.8. The molecule has 1 aromatic heterocycles. The van der Waals surface area contributed by atoms with Gasteiger partial charge in [-0.15, -0.1) is 0 Å². The molecule has 4 rings (SSSR count). The van der Waals surface area contributed by atoms with Crippen molar-refractivity contribution in [3.8, 4) is 0 Å². The molecule has 0 spiro atoms. The topological polar surface area (TPSA) is 135 Å². The quantitative estimate of drug-likeness (QED) is 0.545. The van der Waals surface area contributed by atoms with Crippen LogP contribution in [0.25, 0.3) is 10.9 Å². The van der Waals surface area contributed by atoms with Crippen LogP contribution in [0.5, 0.6) is 0 Å². The maximum Gasteiger partial charge on any atom is 0.424 e. The molecule has 2 fully saturated rings. The number of nitrogens with zero attached hydrogens (tertiary/aromatic N) is 3. The van der Waals surface area contributed by atoms with Gasteiger partial charge >= 0.3 is 17.9 Å². The zero-order valence-electron chi connectivity index (χ0n) is 20.5. The zero-order valence-corrected chi connectivity index (χ0v) is 21.2. The second-order valence-corrected chi connectivity index (χ2v) is 11.1. The van der Waals surface area contributed by atoms with Crippen LogP contribution < -0.4 is 26.9 Å². The van der Waals surface area contributed by atoms with Crippen molar-refractivity contribution in [3.05, 3.63) is 37.7 Å². The highest BCUT2D eigenvalue weighted by molar-refractivity contribution is 6.38. The van der Waals surface area contributed by atoms with Crippen LogP contribution in [0.15, 0.2) is 15.7 Å². The number of anilines is 1. The van der Waals surface area contributed by atoms with E-state index in [0.717, 1.165) is 6.07 Å². The van der Waals surface area contributed by atoms with Gasteiger partial charge in [0, 0.05) is 31.1 Å². The van der Waals surface area contributed by atoms with E-state index in [0.29, 0.717) is 43.6 Å². The van der Waals surface area contributed by atoms with E-state index >= 15 is 4.39 Å². The van der Waals surface area contributed by atoms with Crippen molar-refractivity contribution in [2.45, 2.75) is 58.6 Å². The van der Waals surface area contributed by atoms with Gasteiger partial charge in [0.1, 0.15) is 11.4 Å². The predicted molar refractivity (Wildman–Crippen MR) is 132 cm³/mol. The van der Waals surface area contributed by atoms with Gasteiger partial charge < -0.3 is 20.1 Å². The minimum atomic E-state index is -1.60. The summed E-state index contributed by atoms with van der Waals surface area (Å²) in [6.45, 7) is 8.34. The van der Waals surface area contributed by atoms with E-state index in [1.165, 1.54) is 4.57 Å². The highest BCUT2D eigenvalue weighted by Crippen LogP contribution is 2.43. The number of carbonyl (C=O) groups excluding carboxylic acids is 1.